The molecule has 0 aromatic carbocycles. The van der Waals surface area contributed by atoms with E-state index in [9.17, 15) is 0 Å². The molecule has 0 aliphatic heterocycles. The first-order valence-electron chi connectivity index (χ1n) is 5.04. The number of unbranched alkanes of at least 4 members (excludes halogenated alkanes) is 2. The fourth-order valence-electron chi connectivity index (χ4n) is 1.38. The second-order valence-corrected chi connectivity index (χ2v) is 6.30. The van der Waals surface area contributed by atoms with Crippen molar-refractivity contribution >= 4 is 8.80 Å². The van der Waals surface area contributed by atoms with Gasteiger partial charge in [0.2, 0.25) is 0 Å². The minimum Gasteiger partial charge on any atom is -0.377 e. The topological polar surface area (TPSA) is 39.7 Å². The first-order chi connectivity index (χ1) is 6.74. The van der Waals surface area contributed by atoms with Crippen LogP contribution < -0.4 is 5.32 Å². The SMILES string of the molecule is CNCCCCC[Si](OC)(OC)OC. The van der Waals surface area contributed by atoms with Crippen LogP contribution in [0.25, 0.3) is 0 Å². The molecule has 0 aromatic heterocycles. The van der Waals surface area contributed by atoms with Crippen molar-refractivity contribution in [2.24, 2.45) is 0 Å². The average molecular weight is 221 g/mol. The molecule has 0 aromatic rings. The van der Waals surface area contributed by atoms with Crippen molar-refractivity contribution in [1.82, 2.24) is 5.32 Å². The lowest BCUT2D eigenvalue weighted by atomic mass is 10.2. The highest BCUT2D eigenvalue weighted by Crippen LogP contribution is 2.16. The van der Waals surface area contributed by atoms with E-state index in [1.165, 1.54) is 12.8 Å². The molecule has 0 aliphatic carbocycles. The van der Waals surface area contributed by atoms with Crippen LogP contribution in [0.15, 0.2) is 0 Å². The molecule has 0 heterocycles. The third-order valence-electron chi connectivity index (χ3n) is 2.34. The summed E-state index contributed by atoms with van der Waals surface area (Å²) >= 11 is 0. The average Bonchev–Trinajstić information content (AvgIpc) is 2.24. The monoisotopic (exact) mass is 221 g/mol. The van der Waals surface area contributed by atoms with Crippen molar-refractivity contribution in [2.75, 3.05) is 34.9 Å². The van der Waals surface area contributed by atoms with Crippen molar-refractivity contribution in [3.05, 3.63) is 0 Å². The van der Waals surface area contributed by atoms with Gasteiger partial charge in [0, 0.05) is 27.4 Å². The Bertz CT molecular complexity index is 123. The molecule has 0 saturated heterocycles. The van der Waals surface area contributed by atoms with Gasteiger partial charge < -0.3 is 18.6 Å². The zero-order valence-corrected chi connectivity index (χ0v) is 10.8. The van der Waals surface area contributed by atoms with Gasteiger partial charge in [-0.2, -0.15) is 0 Å². The molecule has 86 valence electrons. The summed E-state index contributed by atoms with van der Waals surface area (Å²) in [5, 5.41) is 3.12. The third kappa shape index (κ3) is 5.07. The summed E-state index contributed by atoms with van der Waals surface area (Å²) in [6.45, 7) is 1.07. The van der Waals surface area contributed by atoms with Crippen LogP contribution in [0.1, 0.15) is 19.3 Å². The van der Waals surface area contributed by atoms with Crippen LogP contribution in [-0.2, 0) is 13.3 Å². The summed E-state index contributed by atoms with van der Waals surface area (Å²) in [4.78, 5) is 0. The van der Waals surface area contributed by atoms with Crippen molar-refractivity contribution in [1.29, 1.82) is 0 Å². The molecular weight excluding hydrogens is 198 g/mol. The van der Waals surface area contributed by atoms with E-state index in [-0.39, 0.29) is 0 Å². The van der Waals surface area contributed by atoms with Gasteiger partial charge in [-0.3, -0.25) is 0 Å². The quantitative estimate of drug-likeness (QED) is 0.470. The summed E-state index contributed by atoms with van der Waals surface area (Å²) < 4.78 is 16.0. The van der Waals surface area contributed by atoms with E-state index in [2.05, 4.69) is 5.32 Å². The second kappa shape index (κ2) is 8.37. The van der Waals surface area contributed by atoms with Gasteiger partial charge in [-0.25, -0.2) is 0 Å². The van der Waals surface area contributed by atoms with E-state index >= 15 is 0 Å². The summed E-state index contributed by atoms with van der Waals surface area (Å²) in [6.07, 6.45) is 3.48. The lowest BCUT2D eigenvalue weighted by molar-refractivity contribution is 0.122. The van der Waals surface area contributed by atoms with E-state index in [1.807, 2.05) is 7.05 Å². The molecule has 0 radical (unpaired) electrons. The first kappa shape index (κ1) is 14.1. The Kier molecular flexibility index (Phi) is 8.41. The van der Waals surface area contributed by atoms with Crippen LogP contribution in [0, 0.1) is 0 Å². The normalized spacial score (nSPS) is 12.0. The van der Waals surface area contributed by atoms with Crippen LogP contribution in [-0.4, -0.2) is 43.7 Å². The Labute approximate surface area is 88.3 Å². The molecule has 1 N–H and O–H groups in total. The van der Waals surface area contributed by atoms with E-state index in [0.717, 1.165) is 19.0 Å². The second-order valence-electron chi connectivity index (χ2n) is 3.21. The van der Waals surface area contributed by atoms with E-state index < -0.39 is 8.80 Å². The fraction of sp³-hybridized carbons (Fsp3) is 1.00. The van der Waals surface area contributed by atoms with Gasteiger partial charge in [0.15, 0.2) is 0 Å². The number of hydrogen-bond donors (Lipinski definition) is 1. The van der Waals surface area contributed by atoms with Crippen molar-refractivity contribution in [3.63, 3.8) is 0 Å². The standard InChI is InChI=1S/C9H23NO3Si/c1-10-8-6-5-7-9-14(11-2,12-3)13-4/h10H,5-9H2,1-4H3. The van der Waals surface area contributed by atoms with Crippen LogP contribution in [0.4, 0.5) is 0 Å². The summed E-state index contributed by atoms with van der Waals surface area (Å²) in [7, 11) is 4.65. The van der Waals surface area contributed by atoms with Crippen LogP contribution >= 0.6 is 0 Å². The lowest BCUT2D eigenvalue weighted by Crippen LogP contribution is -2.42. The van der Waals surface area contributed by atoms with Gasteiger partial charge in [0.1, 0.15) is 0 Å². The minimum absolute atomic E-state index is 0.903. The molecule has 14 heavy (non-hydrogen) atoms. The van der Waals surface area contributed by atoms with Gasteiger partial charge >= 0.3 is 8.80 Å². The lowest BCUT2D eigenvalue weighted by Gasteiger charge is -2.24. The number of nitrogens with one attached hydrogen (secondary N) is 1. The predicted octanol–water partition coefficient (Wildman–Crippen LogP) is 1.25. The van der Waals surface area contributed by atoms with Crippen molar-refractivity contribution in [2.45, 2.75) is 25.3 Å². The largest absolute Gasteiger partial charge is 0.500 e. The first-order valence-corrected chi connectivity index (χ1v) is 6.98. The zero-order chi connectivity index (χ0) is 10.9. The Morgan fingerprint density at radius 2 is 1.50 bits per heavy atom. The molecule has 5 heteroatoms. The predicted molar refractivity (Wildman–Crippen MR) is 59.4 cm³/mol. The maximum Gasteiger partial charge on any atom is 0.500 e. The summed E-state index contributed by atoms with van der Waals surface area (Å²) in [5.41, 5.74) is 0. The maximum atomic E-state index is 5.32. The van der Waals surface area contributed by atoms with Crippen LogP contribution in [0.3, 0.4) is 0 Å². The van der Waals surface area contributed by atoms with Crippen LogP contribution in [0.5, 0.6) is 0 Å². The van der Waals surface area contributed by atoms with E-state index in [4.69, 9.17) is 13.3 Å². The Morgan fingerprint density at radius 3 is 1.93 bits per heavy atom. The molecule has 0 spiro atoms. The highest BCUT2D eigenvalue weighted by Gasteiger charge is 2.36. The van der Waals surface area contributed by atoms with Gasteiger partial charge in [-0.05, 0) is 26.4 Å². The van der Waals surface area contributed by atoms with E-state index in [0.29, 0.717) is 0 Å². The van der Waals surface area contributed by atoms with Crippen LogP contribution in [0.2, 0.25) is 6.04 Å². The highest BCUT2D eigenvalue weighted by atomic mass is 28.4. The fourth-order valence-corrected chi connectivity index (χ4v) is 3.17. The number of rotatable bonds is 9. The number of hydrogen-bond acceptors (Lipinski definition) is 4. The maximum absolute atomic E-state index is 5.32. The Balaban J connectivity index is 3.61. The van der Waals surface area contributed by atoms with Gasteiger partial charge in [-0.15, -0.1) is 0 Å². The smallest absolute Gasteiger partial charge is 0.377 e. The molecule has 0 saturated carbocycles. The summed E-state index contributed by atoms with van der Waals surface area (Å²) in [6, 6.07) is 0.903. The van der Waals surface area contributed by atoms with Gasteiger partial charge in [-0.1, -0.05) is 6.42 Å². The summed E-state index contributed by atoms with van der Waals surface area (Å²) in [5.74, 6) is 0. The van der Waals surface area contributed by atoms with E-state index in [1.54, 1.807) is 21.3 Å². The van der Waals surface area contributed by atoms with Gasteiger partial charge in [0.25, 0.3) is 0 Å². The molecule has 0 fully saturated rings. The minimum atomic E-state index is -2.30. The molecule has 0 amide bonds. The Morgan fingerprint density at radius 1 is 0.929 bits per heavy atom. The zero-order valence-electron chi connectivity index (χ0n) is 9.76. The van der Waals surface area contributed by atoms with Crippen molar-refractivity contribution < 1.29 is 13.3 Å². The molecule has 0 atom stereocenters. The molecule has 0 bridgehead atoms. The molecule has 0 aliphatic rings. The molecule has 0 rings (SSSR count). The molecular formula is C9H23NO3Si. The third-order valence-corrected chi connectivity index (χ3v) is 5.17. The van der Waals surface area contributed by atoms with Gasteiger partial charge in [0.05, 0.1) is 0 Å². The highest BCUT2D eigenvalue weighted by molar-refractivity contribution is 6.60. The Hall–Kier alpha value is 0.0569. The molecule has 0 unspecified atom stereocenters. The van der Waals surface area contributed by atoms with Crippen molar-refractivity contribution in [3.8, 4) is 0 Å². The molecule has 4 nitrogen and oxygen atoms in total.